The molecular weight excluding hydrogens is 250 g/mol. The van der Waals surface area contributed by atoms with Gasteiger partial charge in [-0.25, -0.2) is 4.79 Å². The Morgan fingerprint density at radius 3 is 2.35 bits per heavy atom. The summed E-state index contributed by atoms with van der Waals surface area (Å²) in [5.41, 5.74) is 6.79. The summed E-state index contributed by atoms with van der Waals surface area (Å²) in [5.74, 6) is 0.215. The second-order valence-corrected chi connectivity index (χ2v) is 4.64. The molecule has 1 unspecified atom stereocenters. The summed E-state index contributed by atoms with van der Waals surface area (Å²) in [5, 5.41) is 0. The monoisotopic (exact) mass is 277 g/mol. The molecule has 0 fully saturated rings. The van der Waals surface area contributed by atoms with Crippen LogP contribution in [-0.4, -0.2) is 12.6 Å². The number of carbonyl (C=O) groups excluding carboxylic acids is 1. The van der Waals surface area contributed by atoms with Crippen molar-refractivity contribution in [2.75, 3.05) is 12.3 Å². The van der Waals surface area contributed by atoms with Crippen LogP contribution < -0.4 is 5.73 Å². The Morgan fingerprint density at radius 2 is 1.85 bits per heavy atom. The van der Waals surface area contributed by atoms with E-state index in [1.54, 1.807) is 24.3 Å². The van der Waals surface area contributed by atoms with E-state index in [1.807, 2.05) is 0 Å². The molecule has 20 heavy (non-hydrogen) atoms. The molecule has 0 saturated carbocycles. The molecule has 1 rings (SSSR count). The van der Waals surface area contributed by atoms with Crippen LogP contribution in [0.25, 0.3) is 0 Å². The normalized spacial score (nSPS) is 11.1. The third kappa shape index (κ3) is 6.98. The van der Waals surface area contributed by atoms with Crippen LogP contribution in [0.15, 0.2) is 37.4 Å². The summed E-state index contributed by atoms with van der Waals surface area (Å²) in [6, 6.07) is 6.82. The largest absolute Gasteiger partial charge is 0.462 e. The molecule has 1 aromatic rings. The van der Waals surface area contributed by atoms with Crippen molar-refractivity contribution in [3.63, 3.8) is 0 Å². The summed E-state index contributed by atoms with van der Waals surface area (Å²) in [4.78, 5) is 11.8. The molecule has 0 aliphatic rings. The average Bonchev–Trinajstić information content (AvgIpc) is 2.50. The van der Waals surface area contributed by atoms with Crippen LogP contribution >= 0.6 is 0 Å². The summed E-state index contributed by atoms with van der Waals surface area (Å²) in [7, 11) is 0. The third-order valence-electron chi connectivity index (χ3n) is 3.14. The highest BCUT2D eigenvalue weighted by molar-refractivity contribution is 5.89. The molecule has 0 heterocycles. The zero-order valence-electron chi connectivity index (χ0n) is 12.7. The molecule has 3 nitrogen and oxygen atoms in total. The number of rotatable bonds is 7. The minimum atomic E-state index is -0.259. The second kappa shape index (κ2) is 11.1. The van der Waals surface area contributed by atoms with Crippen molar-refractivity contribution in [1.82, 2.24) is 0 Å². The Hall–Kier alpha value is -1.77. The molecule has 0 bridgehead atoms. The van der Waals surface area contributed by atoms with E-state index in [2.05, 4.69) is 27.0 Å². The van der Waals surface area contributed by atoms with Crippen molar-refractivity contribution in [3.8, 4) is 0 Å². The lowest BCUT2D eigenvalue weighted by molar-refractivity contribution is 0.0428. The molecule has 0 aliphatic heterocycles. The molecule has 0 saturated heterocycles. The minimum absolute atomic E-state index is 0.259. The number of nitrogen functional groups attached to an aromatic ring is 1. The van der Waals surface area contributed by atoms with Gasteiger partial charge in [-0.1, -0.05) is 33.1 Å². The Balaban J connectivity index is 0.00000172. The first-order valence-corrected chi connectivity index (χ1v) is 7.20. The Kier molecular flexibility index (Phi) is 10.1. The number of anilines is 1. The molecule has 0 spiro atoms. The van der Waals surface area contributed by atoms with Crippen molar-refractivity contribution in [2.45, 2.75) is 39.5 Å². The number of unbranched alkanes of at least 4 members (excludes halogenated alkanes) is 1. The van der Waals surface area contributed by atoms with Crippen molar-refractivity contribution in [1.29, 1.82) is 0 Å². The third-order valence-corrected chi connectivity index (χ3v) is 3.14. The topological polar surface area (TPSA) is 52.3 Å². The highest BCUT2D eigenvalue weighted by Gasteiger charge is 2.11. The average molecular weight is 277 g/mol. The number of carbonyl (C=O) groups is 1. The molecular formula is C17H27NO2. The van der Waals surface area contributed by atoms with Gasteiger partial charge in [-0.05, 0) is 36.6 Å². The quantitative estimate of drug-likeness (QED) is 0.455. The van der Waals surface area contributed by atoms with Gasteiger partial charge in [0.2, 0.25) is 0 Å². The molecule has 0 radical (unpaired) electrons. The first kappa shape index (κ1) is 18.2. The number of hydrogen-bond acceptors (Lipinski definition) is 3. The van der Waals surface area contributed by atoms with Crippen LogP contribution in [-0.2, 0) is 4.74 Å². The van der Waals surface area contributed by atoms with Gasteiger partial charge in [0, 0.05) is 5.69 Å². The van der Waals surface area contributed by atoms with Crippen LogP contribution in [0.4, 0.5) is 5.69 Å². The SMILES string of the molecule is C=C.CCCCC(CC)COC(=O)c1ccc(N)cc1. The first-order valence-electron chi connectivity index (χ1n) is 7.20. The van der Waals surface area contributed by atoms with E-state index < -0.39 is 0 Å². The number of esters is 1. The van der Waals surface area contributed by atoms with E-state index >= 15 is 0 Å². The van der Waals surface area contributed by atoms with Crippen molar-refractivity contribution in [2.24, 2.45) is 5.92 Å². The molecule has 1 atom stereocenters. The van der Waals surface area contributed by atoms with Crippen LogP contribution in [0.5, 0.6) is 0 Å². The van der Waals surface area contributed by atoms with Gasteiger partial charge in [-0.15, -0.1) is 13.2 Å². The maximum Gasteiger partial charge on any atom is 0.338 e. The molecule has 0 aromatic heterocycles. The van der Waals surface area contributed by atoms with Gasteiger partial charge < -0.3 is 10.5 Å². The maximum atomic E-state index is 11.8. The lowest BCUT2D eigenvalue weighted by Crippen LogP contribution is -2.14. The smallest absolute Gasteiger partial charge is 0.338 e. The van der Waals surface area contributed by atoms with Crippen molar-refractivity contribution < 1.29 is 9.53 Å². The minimum Gasteiger partial charge on any atom is -0.462 e. The predicted molar refractivity (Wildman–Crippen MR) is 85.7 cm³/mol. The standard InChI is InChI=1S/C15H23NO2.C2H4/c1-3-5-6-12(4-2)11-18-15(17)13-7-9-14(16)10-8-13;1-2/h7-10,12H,3-6,11,16H2,1-2H3;1-2H2. The van der Waals surface area contributed by atoms with E-state index in [0.29, 0.717) is 23.8 Å². The zero-order valence-corrected chi connectivity index (χ0v) is 12.7. The molecule has 112 valence electrons. The van der Waals surface area contributed by atoms with Gasteiger partial charge in [-0.3, -0.25) is 0 Å². The second-order valence-electron chi connectivity index (χ2n) is 4.64. The summed E-state index contributed by atoms with van der Waals surface area (Å²) in [6.45, 7) is 10.8. The first-order chi connectivity index (χ1) is 9.67. The van der Waals surface area contributed by atoms with Gasteiger partial charge in [0.1, 0.15) is 0 Å². The molecule has 2 N–H and O–H groups in total. The number of nitrogens with two attached hydrogens (primary N) is 1. The molecule has 3 heteroatoms. The van der Waals surface area contributed by atoms with Crippen LogP contribution in [0.2, 0.25) is 0 Å². The number of hydrogen-bond donors (Lipinski definition) is 1. The number of benzene rings is 1. The fraction of sp³-hybridized carbons (Fsp3) is 0.471. The highest BCUT2D eigenvalue weighted by atomic mass is 16.5. The van der Waals surface area contributed by atoms with E-state index in [9.17, 15) is 4.79 Å². The fourth-order valence-corrected chi connectivity index (χ4v) is 1.79. The molecule has 0 amide bonds. The lowest BCUT2D eigenvalue weighted by Gasteiger charge is -2.14. The van der Waals surface area contributed by atoms with Crippen LogP contribution in [0, 0.1) is 5.92 Å². The van der Waals surface area contributed by atoms with Crippen molar-refractivity contribution in [3.05, 3.63) is 43.0 Å². The maximum absolute atomic E-state index is 11.8. The van der Waals surface area contributed by atoms with Gasteiger partial charge in [0.15, 0.2) is 0 Å². The number of ether oxygens (including phenoxy) is 1. The van der Waals surface area contributed by atoms with Gasteiger partial charge in [0.05, 0.1) is 12.2 Å². The van der Waals surface area contributed by atoms with Gasteiger partial charge in [-0.2, -0.15) is 0 Å². The fourth-order valence-electron chi connectivity index (χ4n) is 1.79. The lowest BCUT2D eigenvalue weighted by atomic mass is 10.0. The molecule has 1 aromatic carbocycles. The Labute approximate surface area is 122 Å². The van der Waals surface area contributed by atoms with E-state index in [0.717, 1.165) is 12.8 Å². The van der Waals surface area contributed by atoms with E-state index in [4.69, 9.17) is 10.5 Å². The zero-order chi connectivity index (χ0) is 15.4. The highest BCUT2D eigenvalue weighted by Crippen LogP contribution is 2.14. The Bertz CT molecular complexity index is 373. The van der Waals surface area contributed by atoms with E-state index in [1.165, 1.54) is 12.8 Å². The van der Waals surface area contributed by atoms with Crippen LogP contribution in [0.3, 0.4) is 0 Å². The summed E-state index contributed by atoms with van der Waals surface area (Å²) >= 11 is 0. The summed E-state index contributed by atoms with van der Waals surface area (Å²) < 4.78 is 5.34. The Morgan fingerprint density at radius 1 is 1.25 bits per heavy atom. The molecule has 0 aliphatic carbocycles. The van der Waals surface area contributed by atoms with Crippen LogP contribution in [0.1, 0.15) is 49.9 Å². The summed E-state index contributed by atoms with van der Waals surface area (Å²) in [6.07, 6.45) is 4.55. The van der Waals surface area contributed by atoms with E-state index in [-0.39, 0.29) is 5.97 Å². The van der Waals surface area contributed by atoms with Gasteiger partial charge >= 0.3 is 5.97 Å². The van der Waals surface area contributed by atoms with Crippen molar-refractivity contribution >= 4 is 11.7 Å². The predicted octanol–water partition coefficient (Wildman–Crippen LogP) is 4.44. The van der Waals surface area contributed by atoms with Gasteiger partial charge in [0.25, 0.3) is 0 Å².